The van der Waals surface area contributed by atoms with Crippen molar-refractivity contribution in [2.45, 2.75) is 20.3 Å². The highest BCUT2D eigenvalue weighted by Gasteiger charge is 2.06. The number of anilines is 2. The molecule has 0 unspecified atom stereocenters. The summed E-state index contributed by atoms with van der Waals surface area (Å²) in [7, 11) is 1.70. The van der Waals surface area contributed by atoms with E-state index in [1.165, 1.54) is 0 Å². The topological polar surface area (TPSA) is 63.2 Å². The highest BCUT2D eigenvalue weighted by Crippen LogP contribution is 2.08. The maximum absolute atomic E-state index is 4.98. The molecule has 6 nitrogen and oxygen atoms in total. The first-order chi connectivity index (χ1) is 8.31. The minimum atomic E-state index is 0.673. The first kappa shape index (κ1) is 13.6. The van der Waals surface area contributed by atoms with E-state index in [1.807, 2.05) is 0 Å². The lowest BCUT2D eigenvalue weighted by atomic mass is 10.4. The summed E-state index contributed by atoms with van der Waals surface area (Å²) < 4.78 is 4.98. The predicted octanol–water partition coefficient (Wildman–Crippen LogP) is 1.17. The normalized spacial score (nSPS) is 10.3. The molecule has 0 fully saturated rings. The Morgan fingerprint density at radius 1 is 1.35 bits per heavy atom. The zero-order valence-corrected chi connectivity index (χ0v) is 10.8. The zero-order chi connectivity index (χ0) is 12.5. The van der Waals surface area contributed by atoms with Gasteiger partial charge in [0.2, 0.25) is 5.95 Å². The highest BCUT2D eigenvalue weighted by molar-refractivity contribution is 5.38. The van der Waals surface area contributed by atoms with Gasteiger partial charge in [-0.1, -0.05) is 0 Å². The summed E-state index contributed by atoms with van der Waals surface area (Å²) in [6.45, 7) is 7.48. The Labute approximate surface area is 102 Å². The molecule has 6 heteroatoms. The molecule has 0 atom stereocenters. The fourth-order valence-electron chi connectivity index (χ4n) is 1.45. The molecule has 0 aliphatic heterocycles. The van der Waals surface area contributed by atoms with Crippen LogP contribution in [0, 0.1) is 0 Å². The van der Waals surface area contributed by atoms with Crippen molar-refractivity contribution in [1.29, 1.82) is 0 Å². The van der Waals surface area contributed by atoms with Crippen LogP contribution in [0.15, 0.2) is 6.20 Å². The molecule has 0 aliphatic carbocycles. The van der Waals surface area contributed by atoms with E-state index in [4.69, 9.17) is 4.74 Å². The number of rotatable bonds is 8. The first-order valence-electron chi connectivity index (χ1n) is 5.99. The largest absolute Gasteiger partial charge is 0.385 e. The summed E-state index contributed by atoms with van der Waals surface area (Å²) in [6.07, 6.45) is 2.58. The lowest BCUT2D eigenvalue weighted by molar-refractivity contribution is 0.197. The summed E-state index contributed by atoms with van der Waals surface area (Å²) in [5.74, 6) is 1.43. The van der Waals surface area contributed by atoms with E-state index in [-0.39, 0.29) is 0 Å². The standard InChI is InChI=1S/C11H21N5O/c1-4-16(5-2)11-14-10(9-13-15-11)12-7-6-8-17-3/h9H,4-8H2,1-3H3,(H,12,14,15). The van der Waals surface area contributed by atoms with Gasteiger partial charge in [0.05, 0.1) is 6.20 Å². The molecule has 1 N–H and O–H groups in total. The quantitative estimate of drug-likeness (QED) is 0.687. The zero-order valence-electron chi connectivity index (χ0n) is 10.8. The Balaban J connectivity index is 2.53. The van der Waals surface area contributed by atoms with Gasteiger partial charge in [-0.2, -0.15) is 10.1 Å². The van der Waals surface area contributed by atoms with Crippen LogP contribution in [0.5, 0.6) is 0 Å². The van der Waals surface area contributed by atoms with Crippen LogP contribution in [0.3, 0.4) is 0 Å². The molecule has 1 aromatic heterocycles. The van der Waals surface area contributed by atoms with E-state index in [9.17, 15) is 0 Å². The van der Waals surface area contributed by atoms with Crippen molar-refractivity contribution in [3.63, 3.8) is 0 Å². The second kappa shape index (κ2) is 7.78. The van der Waals surface area contributed by atoms with Gasteiger partial charge in [-0.15, -0.1) is 5.10 Å². The third-order valence-corrected chi connectivity index (χ3v) is 2.43. The lowest BCUT2D eigenvalue weighted by Gasteiger charge is -2.18. The molecule has 96 valence electrons. The molecule has 0 bridgehead atoms. The predicted molar refractivity (Wildman–Crippen MR) is 68.4 cm³/mol. The summed E-state index contributed by atoms with van der Waals surface area (Å²) in [4.78, 5) is 6.48. The second-order valence-corrected chi connectivity index (χ2v) is 3.59. The van der Waals surface area contributed by atoms with Gasteiger partial charge in [-0.3, -0.25) is 0 Å². The van der Waals surface area contributed by atoms with Crippen molar-refractivity contribution in [2.24, 2.45) is 0 Å². The summed E-state index contributed by atoms with van der Waals surface area (Å²) in [5.41, 5.74) is 0. The van der Waals surface area contributed by atoms with Crippen LogP contribution in [0.1, 0.15) is 20.3 Å². The van der Waals surface area contributed by atoms with Crippen molar-refractivity contribution < 1.29 is 4.74 Å². The molecule has 0 aliphatic rings. The van der Waals surface area contributed by atoms with Gasteiger partial charge in [-0.05, 0) is 20.3 Å². The molecule has 0 amide bonds. The Morgan fingerprint density at radius 2 is 2.12 bits per heavy atom. The van der Waals surface area contributed by atoms with E-state index in [0.29, 0.717) is 5.95 Å². The molecule has 0 saturated carbocycles. The third kappa shape index (κ3) is 4.52. The minimum Gasteiger partial charge on any atom is -0.385 e. The molecular formula is C11H21N5O. The van der Waals surface area contributed by atoms with Gasteiger partial charge in [0.25, 0.3) is 0 Å². The molecule has 0 aromatic carbocycles. The average molecular weight is 239 g/mol. The fourth-order valence-corrected chi connectivity index (χ4v) is 1.45. The van der Waals surface area contributed by atoms with Crippen LogP contribution < -0.4 is 10.2 Å². The molecule has 0 spiro atoms. The van der Waals surface area contributed by atoms with Crippen molar-refractivity contribution in [3.8, 4) is 0 Å². The number of nitrogens with one attached hydrogen (secondary N) is 1. The summed E-state index contributed by atoms with van der Waals surface area (Å²) in [5, 5.41) is 11.2. The number of hydrogen-bond acceptors (Lipinski definition) is 6. The van der Waals surface area contributed by atoms with Gasteiger partial charge in [0, 0.05) is 33.4 Å². The Morgan fingerprint density at radius 3 is 2.76 bits per heavy atom. The molecule has 17 heavy (non-hydrogen) atoms. The van der Waals surface area contributed by atoms with Crippen molar-refractivity contribution in [3.05, 3.63) is 6.20 Å². The van der Waals surface area contributed by atoms with Crippen LogP contribution in [0.2, 0.25) is 0 Å². The maximum Gasteiger partial charge on any atom is 0.247 e. The molecule has 0 saturated heterocycles. The van der Waals surface area contributed by atoms with Gasteiger partial charge >= 0.3 is 0 Å². The summed E-state index contributed by atoms with van der Waals surface area (Å²) >= 11 is 0. The van der Waals surface area contributed by atoms with Gasteiger partial charge in [-0.25, -0.2) is 0 Å². The van der Waals surface area contributed by atoms with Crippen molar-refractivity contribution in [2.75, 3.05) is 43.6 Å². The van der Waals surface area contributed by atoms with Crippen LogP contribution in [-0.4, -0.2) is 48.5 Å². The van der Waals surface area contributed by atoms with E-state index >= 15 is 0 Å². The molecule has 1 heterocycles. The Hall–Kier alpha value is -1.43. The number of ether oxygens (including phenoxy) is 1. The SMILES string of the molecule is CCN(CC)c1nncc(NCCCOC)n1. The van der Waals surface area contributed by atoms with E-state index in [2.05, 4.69) is 39.2 Å². The van der Waals surface area contributed by atoms with E-state index in [0.717, 1.165) is 38.5 Å². The molecule has 1 rings (SSSR count). The monoisotopic (exact) mass is 239 g/mol. The molecular weight excluding hydrogens is 218 g/mol. The van der Waals surface area contributed by atoms with E-state index < -0.39 is 0 Å². The number of nitrogens with zero attached hydrogens (tertiary/aromatic N) is 4. The number of hydrogen-bond donors (Lipinski definition) is 1. The maximum atomic E-state index is 4.98. The molecule has 0 radical (unpaired) electrons. The minimum absolute atomic E-state index is 0.673. The Bertz CT molecular complexity index is 316. The van der Waals surface area contributed by atoms with Gasteiger partial charge in [0.1, 0.15) is 0 Å². The highest BCUT2D eigenvalue weighted by atomic mass is 16.5. The van der Waals surface area contributed by atoms with Gasteiger partial charge in [0.15, 0.2) is 5.82 Å². The number of aromatic nitrogens is 3. The second-order valence-electron chi connectivity index (χ2n) is 3.59. The van der Waals surface area contributed by atoms with Crippen LogP contribution in [0.4, 0.5) is 11.8 Å². The lowest BCUT2D eigenvalue weighted by Crippen LogP contribution is -2.25. The fraction of sp³-hybridized carbons (Fsp3) is 0.727. The number of methoxy groups -OCH3 is 1. The molecule has 1 aromatic rings. The van der Waals surface area contributed by atoms with Crippen molar-refractivity contribution in [1.82, 2.24) is 15.2 Å². The summed E-state index contributed by atoms with van der Waals surface area (Å²) in [6, 6.07) is 0. The Kier molecular flexibility index (Phi) is 6.24. The van der Waals surface area contributed by atoms with Gasteiger partial charge < -0.3 is 15.0 Å². The average Bonchev–Trinajstić information content (AvgIpc) is 2.37. The van der Waals surface area contributed by atoms with Crippen LogP contribution in [0.25, 0.3) is 0 Å². The smallest absolute Gasteiger partial charge is 0.247 e. The van der Waals surface area contributed by atoms with Crippen LogP contribution in [-0.2, 0) is 4.74 Å². The van der Waals surface area contributed by atoms with Crippen molar-refractivity contribution >= 4 is 11.8 Å². The van der Waals surface area contributed by atoms with Crippen LogP contribution >= 0.6 is 0 Å². The first-order valence-corrected chi connectivity index (χ1v) is 5.99. The third-order valence-electron chi connectivity index (χ3n) is 2.43. The van der Waals surface area contributed by atoms with E-state index in [1.54, 1.807) is 13.3 Å².